The van der Waals surface area contributed by atoms with Crippen molar-refractivity contribution >= 4 is 28.8 Å². The second-order valence-electron chi connectivity index (χ2n) is 7.07. The minimum absolute atomic E-state index is 0.229. The average molecular weight is 428 g/mol. The first-order valence-electron chi connectivity index (χ1n) is 10.5. The van der Waals surface area contributed by atoms with Crippen LogP contribution < -0.4 is 19.7 Å². The summed E-state index contributed by atoms with van der Waals surface area (Å²) in [5.41, 5.74) is 2.39. The van der Waals surface area contributed by atoms with Crippen LogP contribution in [0.2, 0.25) is 0 Å². The molecule has 0 radical (unpaired) electrons. The molecule has 0 unspecified atom stereocenters. The van der Waals surface area contributed by atoms with Gasteiger partial charge in [-0.05, 0) is 67.9 Å². The van der Waals surface area contributed by atoms with E-state index in [1.54, 1.807) is 48.5 Å². The van der Waals surface area contributed by atoms with E-state index in [0.29, 0.717) is 41.5 Å². The first kappa shape index (κ1) is 21.2. The van der Waals surface area contributed by atoms with Gasteiger partial charge < -0.3 is 14.8 Å². The first-order valence-corrected chi connectivity index (χ1v) is 10.5. The Labute approximate surface area is 187 Å². The van der Waals surface area contributed by atoms with Crippen molar-refractivity contribution in [3.05, 3.63) is 90.1 Å². The molecule has 32 heavy (non-hydrogen) atoms. The smallest absolute Gasteiger partial charge is 0.282 e. The minimum Gasteiger partial charge on any atom is -0.494 e. The molecule has 0 bridgehead atoms. The number of nitrogens with one attached hydrogen (secondary N) is 1. The van der Waals surface area contributed by atoms with Crippen LogP contribution in [0, 0.1) is 0 Å². The molecule has 1 N–H and O–H groups in total. The number of carbonyl (C=O) groups excluding carboxylic acids is 2. The van der Waals surface area contributed by atoms with Crippen LogP contribution in [-0.2, 0) is 9.59 Å². The highest BCUT2D eigenvalue weighted by Gasteiger charge is 2.40. The third-order valence-corrected chi connectivity index (χ3v) is 4.99. The molecule has 0 atom stereocenters. The summed E-state index contributed by atoms with van der Waals surface area (Å²) in [4.78, 5) is 28.0. The van der Waals surface area contributed by atoms with Gasteiger partial charge in [-0.15, -0.1) is 0 Å². The molecule has 1 aliphatic rings. The summed E-state index contributed by atoms with van der Waals surface area (Å²) in [5, 5.41) is 3.16. The molecule has 4 rings (SSSR count). The Morgan fingerprint density at radius 2 is 1.28 bits per heavy atom. The topological polar surface area (TPSA) is 67.9 Å². The van der Waals surface area contributed by atoms with Crippen molar-refractivity contribution in [2.24, 2.45) is 0 Å². The van der Waals surface area contributed by atoms with Gasteiger partial charge in [0.15, 0.2) is 0 Å². The van der Waals surface area contributed by atoms with E-state index in [9.17, 15) is 9.59 Å². The van der Waals surface area contributed by atoms with E-state index in [0.717, 1.165) is 5.75 Å². The van der Waals surface area contributed by atoms with Gasteiger partial charge in [0.05, 0.1) is 24.5 Å². The normalized spacial score (nSPS) is 13.5. The van der Waals surface area contributed by atoms with Gasteiger partial charge in [-0.3, -0.25) is 9.59 Å². The Kier molecular flexibility index (Phi) is 6.22. The highest BCUT2D eigenvalue weighted by molar-refractivity contribution is 6.46. The van der Waals surface area contributed by atoms with Crippen molar-refractivity contribution in [1.29, 1.82) is 0 Å². The number of imide groups is 1. The van der Waals surface area contributed by atoms with Crippen LogP contribution in [-0.4, -0.2) is 25.0 Å². The van der Waals surface area contributed by atoms with Gasteiger partial charge in [0.25, 0.3) is 11.8 Å². The number of anilines is 2. The maximum absolute atomic E-state index is 13.4. The second kappa shape index (κ2) is 9.39. The van der Waals surface area contributed by atoms with Crippen molar-refractivity contribution in [2.75, 3.05) is 23.4 Å². The summed E-state index contributed by atoms with van der Waals surface area (Å²) in [6.45, 7) is 4.94. The van der Waals surface area contributed by atoms with Crippen LogP contribution in [0.4, 0.5) is 11.4 Å². The molecule has 0 saturated carbocycles. The molecule has 2 amide bonds. The van der Waals surface area contributed by atoms with Gasteiger partial charge in [-0.2, -0.15) is 0 Å². The zero-order chi connectivity index (χ0) is 22.5. The van der Waals surface area contributed by atoms with Crippen molar-refractivity contribution in [2.45, 2.75) is 13.8 Å². The van der Waals surface area contributed by atoms with Crippen molar-refractivity contribution in [3.63, 3.8) is 0 Å². The first-order chi connectivity index (χ1) is 15.6. The lowest BCUT2D eigenvalue weighted by atomic mass is 10.0. The maximum atomic E-state index is 13.4. The summed E-state index contributed by atoms with van der Waals surface area (Å²) in [7, 11) is 0. The summed E-state index contributed by atoms with van der Waals surface area (Å²) in [6.07, 6.45) is 0. The number of nitrogens with zero attached hydrogens (tertiary/aromatic N) is 1. The van der Waals surface area contributed by atoms with Crippen molar-refractivity contribution in [1.82, 2.24) is 0 Å². The third-order valence-electron chi connectivity index (χ3n) is 4.99. The molecule has 1 heterocycles. The molecule has 1 aliphatic heterocycles. The summed E-state index contributed by atoms with van der Waals surface area (Å²) in [6, 6.07) is 23.4. The average Bonchev–Trinajstić information content (AvgIpc) is 3.06. The van der Waals surface area contributed by atoms with E-state index >= 15 is 0 Å². The monoisotopic (exact) mass is 428 g/mol. The highest BCUT2D eigenvalue weighted by Crippen LogP contribution is 2.34. The van der Waals surface area contributed by atoms with Gasteiger partial charge in [0, 0.05) is 5.69 Å². The van der Waals surface area contributed by atoms with E-state index in [1.165, 1.54) is 4.90 Å². The van der Waals surface area contributed by atoms with Crippen LogP contribution in [0.3, 0.4) is 0 Å². The molecule has 162 valence electrons. The number of benzene rings is 3. The Balaban J connectivity index is 1.74. The van der Waals surface area contributed by atoms with Crippen LogP contribution in [0.15, 0.2) is 84.6 Å². The van der Waals surface area contributed by atoms with Crippen molar-refractivity contribution < 1.29 is 19.1 Å². The molecule has 0 spiro atoms. The number of carbonyl (C=O) groups is 2. The number of amides is 2. The lowest BCUT2D eigenvalue weighted by molar-refractivity contribution is -0.120. The molecular weight excluding hydrogens is 404 g/mol. The van der Waals surface area contributed by atoms with Crippen LogP contribution in [0.1, 0.15) is 19.4 Å². The molecule has 0 fully saturated rings. The number of rotatable bonds is 8. The zero-order valence-corrected chi connectivity index (χ0v) is 18.0. The highest BCUT2D eigenvalue weighted by atomic mass is 16.5. The maximum Gasteiger partial charge on any atom is 0.282 e. The van der Waals surface area contributed by atoms with Crippen LogP contribution in [0.25, 0.3) is 5.57 Å². The fraction of sp³-hybridized carbons (Fsp3) is 0.154. The van der Waals surface area contributed by atoms with Gasteiger partial charge in [0.2, 0.25) is 0 Å². The Morgan fingerprint density at radius 1 is 0.719 bits per heavy atom. The van der Waals surface area contributed by atoms with Crippen LogP contribution >= 0.6 is 0 Å². The standard InChI is InChI=1S/C26H24N2O4/c1-3-31-21-14-10-18(11-15-21)23-24(27-19-12-16-22(17-13-19)32-4-2)26(30)28(25(23)29)20-8-6-5-7-9-20/h5-17,27H,3-4H2,1-2H3. The molecule has 0 saturated heterocycles. The Hall–Kier alpha value is -4.06. The lowest BCUT2D eigenvalue weighted by Crippen LogP contribution is -2.32. The zero-order valence-electron chi connectivity index (χ0n) is 18.0. The van der Waals surface area contributed by atoms with E-state index in [-0.39, 0.29) is 11.6 Å². The predicted octanol–water partition coefficient (Wildman–Crippen LogP) is 4.88. The Bertz CT molecular complexity index is 1140. The molecule has 0 aromatic heterocycles. The van der Waals surface area contributed by atoms with Gasteiger partial charge in [0.1, 0.15) is 17.2 Å². The third kappa shape index (κ3) is 4.21. The van der Waals surface area contributed by atoms with E-state index < -0.39 is 5.91 Å². The SMILES string of the molecule is CCOc1ccc(NC2=C(c3ccc(OCC)cc3)C(=O)N(c3ccccc3)C2=O)cc1. The van der Waals surface area contributed by atoms with Gasteiger partial charge in [-0.25, -0.2) is 4.90 Å². The molecule has 3 aromatic carbocycles. The number of para-hydroxylation sites is 1. The number of hydrogen-bond acceptors (Lipinski definition) is 5. The fourth-order valence-electron chi connectivity index (χ4n) is 3.56. The van der Waals surface area contributed by atoms with E-state index in [2.05, 4.69) is 5.32 Å². The fourth-order valence-corrected chi connectivity index (χ4v) is 3.56. The second-order valence-corrected chi connectivity index (χ2v) is 7.07. The molecule has 0 aliphatic carbocycles. The number of hydrogen-bond donors (Lipinski definition) is 1. The summed E-state index contributed by atoms with van der Waals surface area (Å²) in [5.74, 6) is 0.658. The molecular formula is C26H24N2O4. The molecule has 6 heteroatoms. The van der Waals surface area contributed by atoms with Gasteiger partial charge >= 0.3 is 0 Å². The molecule has 6 nitrogen and oxygen atoms in total. The minimum atomic E-state index is -0.404. The van der Waals surface area contributed by atoms with E-state index in [4.69, 9.17) is 9.47 Å². The summed E-state index contributed by atoms with van der Waals surface area (Å²) >= 11 is 0. The van der Waals surface area contributed by atoms with E-state index in [1.807, 2.05) is 44.2 Å². The van der Waals surface area contributed by atoms with Gasteiger partial charge in [-0.1, -0.05) is 30.3 Å². The van der Waals surface area contributed by atoms with Crippen molar-refractivity contribution in [3.8, 4) is 11.5 Å². The largest absolute Gasteiger partial charge is 0.494 e. The quantitative estimate of drug-likeness (QED) is 0.518. The lowest BCUT2D eigenvalue weighted by Gasteiger charge is -2.15. The molecule has 3 aromatic rings. The predicted molar refractivity (Wildman–Crippen MR) is 125 cm³/mol. The number of ether oxygens (including phenoxy) is 2. The summed E-state index contributed by atoms with van der Waals surface area (Å²) < 4.78 is 11.0. The van der Waals surface area contributed by atoms with Crippen LogP contribution in [0.5, 0.6) is 11.5 Å². The Morgan fingerprint density at radius 3 is 1.84 bits per heavy atom.